The number of carbonyl (C=O) groups is 1. The number of ether oxygens (including phenoxy) is 1. The Kier molecular flexibility index (Phi) is 15.8. The molecular formula is C19H38O4. The van der Waals surface area contributed by atoms with E-state index < -0.39 is 12.2 Å². The molecule has 0 spiro atoms. The fourth-order valence-electron chi connectivity index (χ4n) is 2.77. The summed E-state index contributed by atoms with van der Waals surface area (Å²) in [6.45, 7) is 2.23. The number of rotatable bonds is 16. The molecule has 2 N–H and O–H groups in total. The van der Waals surface area contributed by atoms with Gasteiger partial charge in [0.2, 0.25) is 0 Å². The molecule has 0 amide bonds. The monoisotopic (exact) mass is 330 g/mol. The summed E-state index contributed by atoms with van der Waals surface area (Å²) in [6.07, 6.45) is 13.1. The smallest absolute Gasteiger partial charge is 0.305 e. The molecular weight excluding hydrogens is 292 g/mol. The van der Waals surface area contributed by atoms with Crippen molar-refractivity contribution in [3.63, 3.8) is 0 Å². The average molecular weight is 331 g/mol. The molecule has 4 heteroatoms. The van der Waals surface area contributed by atoms with Crippen molar-refractivity contribution in [1.29, 1.82) is 0 Å². The van der Waals surface area contributed by atoms with Gasteiger partial charge < -0.3 is 14.9 Å². The lowest BCUT2D eigenvalue weighted by Crippen LogP contribution is -2.25. The van der Waals surface area contributed by atoms with Gasteiger partial charge in [-0.05, 0) is 19.3 Å². The number of esters is 1. The fourth-order valence-corrected chi connectivity index (χ4v) is 2.77. The maximum absolute atomic E-state index is 11.0. The summed E-state index contributed by atoms with van der Waals surface area (Å²) in [6, 6.07) is 0. The summed E-state index contributed by atoms with van der Waals surface area (Å²) < 4.78 is 4.57. The average Bonchev–Trinajstić information content (AvgIpc) is 2.56. The zero-order valence-electron chi connectivity index (χ0n) is 15.3. The van der Waals surface area contributed by atoms with Crippen LogP contribution in [0.4, 0.5) is 0 Å². The number of aliphatic hydroxyl groups excluding tert-OH is 2. The van der Waals surface area contributed by atoms with Gasteiger partial charge in [-0.15, -0.1) is 0 Å². The molecule has 0 aromatic carbocycles. The normalized spacial score (nSPS) is 13.7. The first kappa shape index (κ1) is 22.4. The molecule has 0 fully saturated rings. The Bertz CT molecular complexity index is 268. The van der Waals surface area contributed by atoms with Crippen LogP contribution in [0.2, 0.25) is 0 Å². The van der Waals surface area contributed by atoms with Crippen molar-refractivity contribution >= 4 is 5.97 Å². The molecule has 23 heavy (non-hydrogen) atoms. The molecule has 0 saturated heterocycles. The predicted octanol–water partition coefficient (Wildman–Crippen LogP) is 4.36. The van der Waals surface area contributed by atoms with Gasteiger partial charge in [-0.25, -0.2) is 0 Å². The Morgan fingerprint density at radius 1 is 0.783 bits per heavy atom. The van der Waals surface area contributed by atoms with Gasteiger partial charge in [0.05, 0.1) is 19.3 Å². The largest absolute Gasteiger partial charge is 0.469 e. The van der Waals surface area contributed by atoms with Crippen LogP contribution in [0.5, 0.6) is 0 Å². The van der Waals surface area contributed by atoms with Crippen LogP contribution in [0.1, 0.15) is 96.8 Å². The third-order valence-electron chi connectivity index (χ3n) is 4.41. The van der Waals surface area contributed by atoms with Gasteiger partial charge in [0, 0.05) is 6.42 Å². The Morgan fingerprint density at radius 3 is 1.70 bits per heavy atom. The Labute approximate surface area is 142 Å². The number of hydrogen-bond donors (Lipinski definition) is 2. The predicted molar refractivity (Wildman–Crippen MR) is 94.3 cm³/mol. The maximum atomic E-state index is 11.0. The number of unbranched alkanes of at least 4 members (excludes halogenated alkanes) is 9. The second kappa shape index (κ2) is 16.3. The molecule has 0 aromatic heterocycles. The molecule has 0 aromatic rings. The molecule has 0 rings (SSSR count). The van der Waals surface area contributed by atoms with E-state index in [0.717, 1.165) is 19.3 Å². The van der Waals surface area contributed by atoms with Crippen molar-refractivity contribution in [2.24, 2.45) is 0 Å². The molecule has 0 radical (unpaired) electrons. The number of methoxy groups -OCH3 is 1. The molecule has 0 heterocycles. The van der Waals surface area contributed by atoms with Crippen molar-refractivity contribution < 1.29 is 19.7 Å². The van der Waals surface area contributed by atoms with E-state index in [-0.39, 0.29) is 5.97 Å². The van der Waals surface area contributed by atoms with Crippen LogP contribution in [-0.4, -0.2) is 35.5 Å². The first-order chi connectivity index (χ1) is 11.1. The molecule has 0 aliphatic heterocycles. The highest BCUT2D eigenvalue weighted by molar-refractivity contribution is 5.68. The van der Waals surface area contributed by atoms with E-state index in [2.05, 4.69) is 11.7 Å². The number of hydrogen-bond acceptors (Lipinski definition) is 4. The summed E-state index contributed by atoms with van der Waals surface area (Å²) in [7, 11) is 1.38. The third kappa shape index (κ3) is 14.7. The second-order valence-corrected chi connectivity index (χ2v) is 6.57. The van der Waals surface area contributed by atoms with Crippen LogP contribution >= 0.6 is 0 Å². The van der Waals surface area contributed by atoms with E-state index in [1.165, 1.54) is 52.1 Å². The van der Waals surface area contributed by atoms with Gasteiger partial charge in [0.15, 0.2) is 0 Å². The highest BCUT2D eigenvalue weighted by atomic mass is 16.5. The topological polar surface area (TPSA) is 66.8 Å². The zero-order valence-corrected chi connectivity index (χ0v) is 15.3. The van der Waals surface area contributed by atoms with Crippen molar-refractivity contribution in [3.8, 4) is 0 Å². The molecule has 138 valence electrons. The van der Waals surface area contributed by atoms with Gasteiger partial charge in [0.25, 0.3) is 0 Å². The molecule has 0 unspecified atom stereocenters. The van der Waals surface area contributed by atoms with Crippen molar-refractivity contribution in [2.45, 2.75) is 109 Å². The summed E-state index contributed by atoms with van der Waals surface area (Å²) in [5.74, 6) is -0.213. The van der Waals surface area contributed by atoms with E-state index in [1.54, 1.807) is 0 Å². The standard InChI is InChI=1S/C19H38O4/c1-3-4-5-6-7-8-9-10-11-14-17(20)18(21)15-12-13-16-19(22)23-2/h17-18,20-21H,3-16H2,1-2H3/t17-,18-/m1/s1. The quantitative estimate of drug-likeness (QED) is 0.326. The van der Waals surface area contributed by atoms with E-state index >= 15 is 0 Å². The van der Waals surface area contributed by atoms with Gasteiger partial charge in [-0.3, -0.25) is 4.79 Å². The van der Waals surface area contributed by atoms with E-state index in [1.807, 2.05) is 0 Å². The van der Waals surface area contributed by atoms with Crippen LogP contribution < -0.4 is 0 Å². The molecule has 2 atom stereocenters. The lowest BCUT2D eigenvalue weighted by atomic mass is 10.00. The minimum atomic E-state index is -0.665. The lowest BCUT2D eigenvalue weighted by Gasteiger charge is -2.17. The van der Waals surface area contributed by atoms with Gasteiger partial charge in [-0.2, -0.15) is 0 Å². The molecule has 4 nitrogen and oxygen atoms in total. The van der Waals surface area contributed by atoms with E-state index in [9.17, 15) is 15.0 Å². The molecule has 0 saturated carbocycles. The van der Waals surface area contributed by atoms with Gasteiger partial charge in [-0.1, -0.05) is 71.1 Å². The lowest BCUT2D eigenvalue weighted by molar-refractivity contribution is -0.140. The van der Waals surface area contributed by atoms with Crippen LogP contribution in [-0.2, 0) is 9.53 Å². The molecule has 0 bridgehead atoms. The SMILES string of the molecule is CCCCCCCCCCC[C@@H](O)[C@H](O)CCCCC(=O)OC. The van der Waals surface area contributed by atoms with Crippen molar-refractivity contribution in [3.05, 3.63) is 0 Å². The molecule has 0 aliphatic rings. The van der Waals surface area contributed by atoms with Crippen molar-refractivity contribution in [2.75, 3.05) is 7.11 Å². The van der Waals surface area contributed by atoms with Crippen LogP contribution in [0, 0.1) is 0 Å². The van der Waals surface area contributed by atoms with Gasteiger partial charge in [0.1, 0.15) is 0 Å². The summed E-state index contributed by atoms with van der Waals surface area (Å²) >= 11 is 0. The first-order valence-corrected chi connectivity index (χ1v) is 9.54. The maximum Gasteiger partial charge on any atom is 0.305 e. The van der Waals surface area contributed by atoms with Crippen molar-refractivity contribution in [1.82, 2.24) is 0 Å². The van der Waals surface area contributed by atoms with Crippen LogP contribution in [0.15, 0.2) is 0 Å². The summed E-state index contributed by atoms with van der Waals surface area (Å²) in [5, 5.41) is 19.8. The highest BCUT2D eigenvalue weighted by Crippen LogP contribution is 2.15. The highest BCUT2D eigenvalue weighted by Gasteiger charge is 2.15. The summed E-state index contributed by atoms with van der Waals surface area (Å²) in [5.41, 5.74) is 0. The Hall–Kier alpha value is -0.610. The van der Waals surface area contributed by atoms with Crippen LogP contribution in [0.3, 0.4) is 0 Å². The first-order valence-electron chi connectivity index (χ1n) is 9.54. The third-order valence-corrected chi connectivity index (χ3v) is 4.41. The van der Waals surface area contributed by atoms with E-state index in [4.69, 9.17) is 0 Å². The molecule has 0 aliphatic carbocycles. The van der Waals surface area contributed by atoms with E-state index in [0.29, 0.717) is 25.7 Å². The fraction of sp³-hybridized carbons (Fsp3) is 0.947. The number of carbonyl (C=O) groups excluding carboxylic acids is 1. The minimum Gasteiger partial charge on any atom is -0.469 e. The second-order valence-electron chi connectivity index (χ2n) is 6.57. The van der Waals surface area contributed by atoms with Gasteiger partial charge >= 0.3 is 5.97 Å². The summed E-state index contributed by atoms with van der Waals surface area (Å²) in [4.78, 5) is 11.0. The zero-order chi connectivity index (χ0) is 17.3. The Balaban J connectivity index is 3.40. The Morgan fingerprint density at radius 2 is 1.22 bits per heavy atom. The van der Waals surface area contributed by atoms with Crippen LogP contribution in [0.25, 0.3) is 0 Å². The number of aliphatic hydroxyl groups is 2. The minimum absolute atomic E-state index is 0.213.